The van der Waals surface area contributed by atoms with Crippen LogP contribution < -0.4 is 5.32 Å². The number of amides is 1. The van der Waals surface area contributed by atoms with E-state index >= 15 is 0 Å². The van der Waals surface area contributed by atoms with Crippen molar-refractivity contribution in [1.29, 1.82) is 0 Å². The molecular weight excluding hydrogens is 305 g/mol. The normalized spacial score (nSPS) is 14.3. The molecule has 1 aromatic carbocycles. The van der Waals surface area contributed by atoms with Crippen LogP contribution in [0.2, 0.25) is 19.6 Å². The summed E-state index contributed by atoms with van der Waals surface area (Å²) in [5.74, 6) is -0.222. The molecule has 0 spiro atoms. The second kappa shape index (κ2) is 8.49. The lowest BCUT2D eigenvalue weighted by molar-refractivity contribution is 0.138. The highest BCUT2D eigenvalue weighted by atomic mass is 31.2. The van der Waals surface area contributed by atoms with Crippen LogP contribution >= 0.6 is 8.38 Å². The number of hydrogen-bond donors (Lipinski definition) is 1. The summed E-state index contributed by atoms with van der Waals surface area (Å²) in [5, 5.41) is 2.76. The molecule has 0 bridgehead atoms. The SMILES string of the molecule is COP(O[Si](C)(C)C)C(C)NC(=O)OCc1ccccc1. The molecule has 0 aliphatic carbocycles. The molecule has 7 heteroatoms. The lowest BCUT2D eigenvalue weighted by Crippen LogP contribution is -2.35. The molecule has 0 radical (unpaired) electrons. The molecule has 0 saturated carbocycles. The topological polar surface area (TPSA) is 56.8 Å². The fourth-order valence-corrected chi connectivity index (χ4v) is 5.15. The fourth-order valence-electron chi connectivity index (χ4n) is 1.53. The van der Waals surface area contributed by atoms with Crippen LogP contribution in [0.3, 0.4) is 0 Å². The molecule has 0 aliphatic heterocycles. The van der Waals surface area contributed by atoms with Crippen molar-refractivity contribution >= 4 is 22.8 Å². The summed E-state index contributed by atoms with van der Waals surface area (Å²) in [6.45, 7) is 8.36. The molecule has 2 atom stereocenters. The zero-order valence-electron chi connectivity index (χ0n) is 13.3. The Labute approximate surface area is 129 Å². The van der Waals surface area contributed by atoms with E-state index < -0.39 is 22.8 Å². The average molecular weight is 329 g/mol. The van der Waals surface area contributed by atoms with E-state index in [1.54, 1.807) is 7.11 Å². The third kappa shape index (κ3) is 7.57. The van der Waals surface area contributed by atoms with Gasteiger partial charge in [0.15, 0.2) is 16.7 Å². The Morgan fingerprint density at radius 1 is 1.29 bits per heavy atom. The summed E-state index contributed by atoms with van der Waals surface area (Å²) in [7, 11) is -1.27. The summed E-state index contributed by atoms with van der Waals surface area (Å²) < 4.78 is 16.5. The van der Waals surface area contributed by atoms with Crippen LogP contribution in [-0.2, 0) is 20.1 Å². The Balaban J connectivity index is 2.42. The number of rotatable bonds is 7. The predicted molar refractivity (Wildman–Crippen MR) is 87.6 cm³/mol. The average Bonchev–Trinajstić information content (AvgIpc) is 2.42. The number of ether oxygens (including phenoxy) is 1. The molecule has 1 aromatic rings. The van der Waals surface area contributed by atoms with Gasteiger partial charge in [-0.1, -0.05) is 30.3 Å². The van der Waals surface area contributed by atoms with Crippen LogP contribution in [0.1, 0.15) is 12.5 Å². The maximum absolute atomic E-state index is 11.8. The van der Waals surface area contributed by atoms with Gasteiger partial charge in [-0.05, 0) is 32.1 Å². The Morgan fingerprint density at radius 2 is 1.90 bits per heavy atom. The summed E-state index contributed by atoms with van der Waals surface area (Å²) in [5.41, 5.74) is 0.952. The van der Waals surface area contributed by atoms with Gasteiger partial charge in [0.05, 0.1) is 5.78 Å². The van der Waals surface area contributed by atoms with Crippen LogP contribution in [-0.4, -0.2) is 27.3 Å². The Bertz CT molecular complexity index is 438. The van der Waals surface area contributed by atoms with Crippen LogP contribution in [0.4, 0.5) is 4.79 Å². The Kier molecular flexibility index (Phi) is 7.32. The van der Waals surface area contributed by atoms with E-state index in [0.717, 1.165) is 5.56 Å². The van der Waals surface area contributed by atoms with Gasteiger partial charge in [0.1, 0.15) is 6.61 Å². The van der Waals surface area contributed by atoms with E-state index in [1.165, 1.54) is 0 Å². The molecule has 1 N–H and O–H groups in total. The van der Waals surface area contributed by atoms with E-state index in [2.05, 4.69) is 25.0 Å². The van der Waals surface area contributed by atoms with Gasteiger partial charge in [0.25, 0.3) is 0 Å². The van der Waals surface area contributed by atoms with E-state index in [0.29, 0.717) is 0 Å². The number of nitrogens with one attached hydrogen (secondary N) is 1. The lowest BCUT2D eigenvalue weighted by Gasteiger charge is -2.28. The molecule has 2 unspecified atom stereocenters. The van der Waals surface area contributed by atoms with Gasteiger partial charge in [0, 0.05) is 7.11 Å². The molecule has 0 heterocycles. The van der Waals surface area contributed by atoms with Crippen LogP contribution in [0.15, 0.2) is 30.3 Å². The predicted octanol–water partition coefficient (Wildman–Crippen LogP) is 4.07. The van der Waals surface area contributed by atoms with E-state index in [1.807, 2.05) is 37.3 Å². The van der Waals surface area contributed by atoms with Crippen LogP contribution in [0, 0.1) is 0 Å². The van der Waals surface area contributed by atoms with Crippen LogP contribution in [0.25, 0.3) is 0 Å². The molecule has 0 saturated heterocycles. The molecule has 21 heavy (non-hydrogen) atoms. The van der Waals surface area contributed by atoms with Gasteiger partial charge in [0.2, 0.25) is 0 Å². The molecule has 118 valence electrons. The van der Waals surface area contributed by atoms with Crippen molar-refractivity contribution in [3.05, 3.63) is 35.9 Å². The van der Waals surface area contributed by atoms with E-state index in [-0.39, 0.29) is 12.4 Å². The number of carbonyl (C=O) groups excluding carboxylic acids is 1. The van der Waals surface area contributed by atoms with Gasteiger partial charge < -0.3 is 18.8 Å². The summed E-state index contributed by atoms with van der Waals surface area (Å²) in [6, 6.07) is 9.56. The Morgan fingerprint density at radius 3 is 2.43 bits per heavy atom. The minimum atomic E-state index is -1.71. The second-order valence-electron chi connectivity index (χ2n) is 5.55. The number of benzene rings is 1. The van der Waals surface area contributed by atoms with Crippen molar-refractivity contribution in [2.45, 2.75) is 39.0 Å². The zero-order valence-corrected chi connectivity index (χ0v) is 15.1. The van der Waals surface area contributed by atoms with Gasteiger partial charge in [-0.3, -0.25) is 0 Å². The maximum Gasteiger partial charge on any atom is 0.408 e. The molecule has 1 rings (SSSR count). The smallest absolute Gasteiger partial charge is 0.408 e. The quantitative estimate of drug-likeness (QED) is 0.605. The van der Waals surface area contributed by atoms with E-state index in [4.69, 9.17) is 13.5 Å². The number of carbonyl (C=O) groups is 1. The first kappa shape index (κ1) is 18.1. The number of hydrogen-bond acceptors (Lipinski definition) is 4. The fraction of sp³-hybridized carbons (Fsp3) is 0.500. The minimum Gasteiger partial charge on any atom is -0.445 e. The van der Waals surface area contributed by atoms with Gasteiger partial charge >= 0.3 is 6.09 Å². The summed E-state index contributed by atoms with van der Waals surface area (Å²) in [6.07, 6.45) is -0.463. The van der Waals surface area contributed by atoms with Gasteiger partial charge in [-0.25, -0.2) is 4.79 Å². The third-order valence-corrected chi connectivity index (χ3v) is 6.43. The van der Waals surface area contributed by atoms with Crippen molar-refractivity contribution in [3.8, 4) is 0 Å². The summed E-state index contributed by atoms with van der Waals surface area (Å²) >= 11 is 0. The molecule has 0 fully saturated rings. The molecule has 0 aliphatic rings. The van der Waals surface area contributed by atoms with Crippen molar-refractivity contribution in [2.75, 3.05) is 7.11 Å². The Hall–Kier alpha value is -0.943. The van der Waals surface area contributed by atoms with Crippen molar-refractivity contribution < 1.29 is 18.3 Å². The largest absolute Gasteiger partial charge is 0.445 e. The zero-order chi connectivity index (χ0) is 15.9. The minimum absolute atomic E-state index is 0.222. The van der Waals surface area contributed by atoms with Gasteiger partial charge in [-0.2, -0.15) is 0 Å². The second-order valence-corrected chi connectivity index (χ2v) is 12.2. The van der Waals surface area contributed by atoms with Crippen molar-refractivity contribution in [3.63, 3.8) is 0 Å². The van der Waals surface area contributed by atoms with Crippen molar-refractivity contribution in [2.24, 2.45) is 0 Å². The highest BCUT2D eigenvalue weighted by Crippen LogP contribution is 2.44. The highest BCUT2D eigenvalue weighted by molar-refractivity contribution is 7.49. The standard InChI is InChI=1S/C14H24NO4PSi/c1-12(20(17-2)19-21(3,4)5)15-14(16)18-11-13-9-7-6-8-10-13/h6-10,12H,11H2,1-5H3,(H,15,16). The first-order chi connectivity index (χ1) is 9.81. The van der Waals surface area contributed by atoms with Gasteiger partial charge in [-0.15, -0.1) is 0 Å². The third-order valence-electron chi connectivity index (χ3n) is 2.40. The lowest BCUT2D eigenvalue weighted by atomic mass is 10.2. The van der Waals surface area contributed by atoms with Crippen LogP contribution in [0.5, 0.6) is 0 Å². The first-order valence-corrected chi connectivity index (χ1v) is 11.5. The number of alkyl carbamates (subject to hydrolysis) is 1. The molecule has 5 nitrogen and oxygen atoms in total. The summed E-state index contributed by atoms with van der Waals surface area (Å²) in [4.78, 5) is 11.8. The van der Waals surface area contributed by atoms with E-state index in [9.17, 15) is 4.79 Å². The first-order valence-electron chi connectivity index (χ1n) is 6.81. The monoisotopic (exact) mass is 329 g/mol. The van der Waals surface area contributed by atoms with Crippen molar-refractivity contribution in [1.82, 2.24) is 5.32 Å². The molecule has 0 aromatic heterocycles. The highest BCUT2D eigenvalue weighted by Gasteiger charge is 2.27. The maximum atomic E-state index is 11.8. The molecular formula is C14H24NO4PSi. The molecule has 1 amide bonds.